The van der Waals surface area contributed by atoms with Gasteiger partial charge >= 0.3 is 0 Å². The minimum absolute atomic E-state index is 0.393. The van der Waals surface area contributed by atoms with Crippen molar-refractivity contribution in [3.05, 3.63) is 17.0 Å². The molecule has 0 aromatic carbocycles. The lowest BCUT2D eigenvalue weighted by Crippen LogP contribution is -2.31. The number of ether oxygens (including phenoxy) is 1. The lowest BCUT2D eigenvalue weighted by atomic mass is 10.0. The molecule has 5 nitrogen and oxygen atoms in total. The van der Waals surface area contributed by atoms with Gasteiger partial charge in [0.25, 0.3) is 0 Å². The lowest BCUT2D eigenvalue weighted by Gasteiger charge is -2.21. The molecular formula is C14H22N2O3S2. The van der Waals surface area contributed by atoms with Crippen LogP contribution < -0.4 is 10.0 Å². The summed E-state index contributed by atoms with van der Waals surface area (Å²) in [6.07, 6.45) is 4.35. The zero-order chi connectivity index (χ0) is 14.7. The first-order valence-corrected chi connectivity index (χ1v) is 9.83. The number of rotatable bonds is 7. The number of hydrogen-bond acceptors (Lipinski definition) is 5. The highest BCUT2D eigenvalue weighted by Gasteiger charge is 2.22. The standard InChI is InChI=1S/C14H22N2O3S2/c17-21(18,16-9-11-5-7-19-8-6-11)14-4-3-13(20-14)10-15-12-1-2-12/h3-4,11-12,15-16H,1-2,5-10H2. The minimum atomic E-state index is -3.36. The normalized spacial score (nSPS) is 20.8. The molecule has 2 fully saturated rings. The van der Waals surface area contributed by atoms with E-state index in [4.69, 9.17) is 4.74 Å². The van der Waals surface area contributed by atoms with Crippen molar-refractivity contribution < 1.29 is 13.2 Å². The molecule has 0 spiro atoms. The Bertz CT molecular complexity index is 561. The molecule has 7 heteroatoms. The molecule has 0 unspecified atom stereocenters. The summed E-state index contributed by atoms with van der Waals surface area (Å²) in [4.78, 5) is 1.08. The predicted molar refractivity (Wildman–Crippen MR) is 82.9 cm³/mol. The van der Waals surface area contributed by atoms with Crippen LogP contribution in [0.15, 0.2) is 16.3 Å². The molecule has 2 heterocycles. The van der Waals surface area contributed by atoms with Crippen molar-refractivity contribution in [1.29, 1.82) is 0 Å². The lowest BCUT2D eigenvalue weighted by molar-refractivity contribution is 0.0678. The van der Waals surface area contributed by atoms with Gasteiger partial charge in [-0.3, -0.25) is 0 Å². The van der Waals surface area contributed by atoms with E-state index < -0.39 is 10.0 Å². The molecule has 1 aliphatic carbocycles. The molecule has 0 radical (unpaired) electrons. The van der Waals surface area contributed by atoms with Crippen molar-refractivity contribution in [1.82, 2.24) is 10.0 Å². The SMILES string of the molecule is O=S(=O)(NCC1CCOCC1)c1ccc(CNC2CC2)s1. The van der Waals surface area contributed by atoms with Crippen LogP contribution in [0.25, 0.3) is 0 Å². The second-order valence-corrected chi connectivity index (χ2v) is 8.95. The highest BCUT2D eigenvalue weighted by atomic mass is 32.2. The van der Waals surface area contributed by atoms with Gasteiger partial charge < -0.3 is 10.1 Å². The molecule has 1 saturated carbocycles. The topological polar surface area (TPSA) is 67.4 Å². The van der Waals surface area contributed by atoms with Gasteiger partial charge in [0.1, 0.15) is 4.21 Å². The third-order valence-electron chi connectivity index (χ3n) is 3.95. The smallest absolute Gasteiger partial charge is 0.250 e. The second kappa shape index (κ2) is 6.75. The summed E-state index contributed by atoms with van der Waals surface area (Å²) in [6, 6.07) is 4.25. The zero-order valence-corrected chi connectivity index (χ0v) is 13.6. The maximum absolute atomic E-state index is 12.3. The van der Waals surface area contributed by atoms with Crippen LogP contribution in [0, 0.1) is 5.92 Å². The van der Waals surface area contributed by atoms with Crippen LogP contribution in [-0.4, -0.2) is 34.2 Å². The Morgan fingerprint density at radius 2 is 1.95 bits per heavy atom. The Kier molecular flexibility index (Phi) is 4.96. The summed E-state index contributed by atoms with van der Waals surface area (Å²) in [7, 11) is -3.36. The van der Waals surface area contributed by atoms with E-state index in [1.54, 1.807) is 6.07 Å². The molecule has 2 aliphatic rings. The van der Waals surface area contributed by atoms with Gasteiger partial charge in [0, 0.05) is 37.2 Å². The van der Waals surface area contributed by atoms with Crippen molar-refractivity contribution >= 4 is 21.4 Å². The monoisotopic (exact) mass is 330 g/mol. The summed E-state index contributed by atoms with van der Waals surface area (Å²) < 4.78 is 33.0. The van der Waals surface area contributed by atoms with E-state index in [0.29, 0.717) is 22.7 Å². The third-order valence-corrected chi connectivity index (χ3v) is 6.95. The van der Waals surface area contributed by atoms with Gasteiger partial charge in [-0.1, -0.05) is 0 Å². The molecule has 0 atom stereocenters. The molecular weight excluding hydrogens is 308 g/mol. The molecule has 0 bridgehead atoms. The summed E-state index contributed by atoms with van der Waals surface area (Å²) in [5, 5.41) is 3.40. The first kappa shape index (κ1) is 15.4. The molecule has 0 amide bonds. The van der Waals surface area contributed by atoms with Crippen LogP contribution in [0.3, 0.4) is 0 Å². The van der Waals surface area contributed by atoms with Crippen LogP contribution in [-0.2, 0) is 21.3 Å². The van der Waals surface area contributed by atoms with Crippen molar-refractivity contribution in [2.45, 2.75) is 42.5 Å². The van der Waals surface area contributed by atoms with Crippen LogP contribution in [0.4, 0.5) is 0 Å². The molecule has 2 N–H and O–H groups in total. The van der Waals surface area contributed by atoms with Gasteiger partial charge in [-0.2, -0.15) is 0 Å². The maximum Gasteiger partial charge on any atom is 0.250 e. The summed E-state index contributed by atoms with van der Waals surface area (Å²) in [5.41, 5.74) is 0. The van der Waals surface area contributed by atoms with Crippen LogP contribution in [0.5, 0.6) is 0 Å². The fraction of sp³-hybridized carbons (Fsp3) is 0.714. The Hall–Kier alpha value is -0.470. The van der Waals surface area contributed by atoms with Gasteiger partial charge in [0.15, 0.2) is 0 Å². The zero-order valence-electron chi connectivity index (χ0n) is 12.0. The quantitative estimate of drug-likeness (QED) is 0.799. The van der Waals surface area contributed by atoms with Gasteiger partial charge in [0.05, 0.1) is 0 Å². The summed E-state index contributed by atoms with van der Waals surface area (Å²) in [6.45, 7) is 2.76. The highest BCUT2D eigenvalue weighted by Crippen LogP contribution is 2.24. The molecule has 118 valence electrons. The molecule has 3 rings (SSSR count). The highest BCUT2D eigenvalue weighted by molar-refractivity contribution is 7.91. The van der Waals surface area contributed by atoms with E-state index in [1.807, 2.05) is 6.07 Å². The Morgan fingerprint density at radius 1 is 1.19 bits per heavy atom. The average Bonchev–Trinajstić information content (AvgIpc) is 3.20. The number of hydrogen-bond donors (Lipinski definition) is 2. The fourth-order valence-electron chi connectivity index (χ4n) is 2.38. The van der Waals surface area contributed by atoms with Gasteiger partial charge in [-0.15, -0.1) is 11.3 Å². The van der Waals surface area contributed by atoms with E-state index in [0.717, 1.165) is 37.5 Å². The van der Waals surface area contributed by atoms with E-state index in [-0.39, 0.29) is 0 Å². The van der Waals surface area contributed by atoms with Crippen molar-refractivity contribution in [2.75, 3.05) is 19.8 Å². The summed E-state index contributed by atoms with van der Waals surface area (Å²) >= 11 is 1.36. The second-order valence-electron chi connectivity index (χ2n) is 5.78. The van der Waals surface area contributed by atoms with E-state index in [9.17, 15) is 8.42 Å². The van der Waals surface area contributed by atoms with Gasteiger partial charge in [-0.05, 0) is 43.7 Å². The molecule has 1 saturated heterocycles. The number of nitrogens with one attached hydrogen (secondary N) is 2. The van der Waals surface area contributed by atoms with Gasteiger partial charge in [0.2, 0.25) is 10.0 Å². The largest absolute Gasteiger partial charge is 0.381 e. The molecule has 1 aliphatic heterocycles. The van der Waals surface area contributed by atoms with Crippen molar-refractivity contribution in [3.63, 3.8) is 0 Å². The first-order chi connectivity index (χ1) is 10.1. The molecule has 1 aromatic rings. The average molecular weight is 330 g/mol. The maximum atomic E-state index is 12.3. The number of sulfonamides is 1. The van der Waals surface area contributed by atoms with Crippen molar-refractivity contribution in [3.8, 4) is 0 Å². The number of thiophene rings is 1. The van der Waals surface area contributed by atoms with E-state index in [2.05, 4.69) is 10.0 Å². The third kappa shape index (κ3) is 4.50. The Morgan fingerprint density at radius 3 is 2.67 bits per heavy atom. The van der Waals surface area contributed by atoms with Crippen LogP contribution >= 0.6 is 11.3 Å². The predicted octanol–water partition coefficient (Wildman–Crippen LogP) is 1.70. The molecule has 21 heavy (non-hydrogen) atoms. The van der Waals surface area contributed by atoms with E-state index >= 15 is 0 Å². The minimum Gasteiger partial charge on any atom is -0.381 e. The summed E-state index contributed by atoms with van der Waals surface area (Å²) in [5.74, 6) is 0.393. The fourth-order valence-corrected chi connectivity index (χ4v) is 4.85. The van der Waals surface area contributed by atoms with E-state index in [1.165, 1.54) is 24.2 Å². The molecule has 1 aromatic heterocycles. The van der Waals surface area contributed by atoms with Gasteiger partial charge in [-0.25, -0.2) is 13.1 Å². The Balaban J connectivity index is 1.53. The van der Waals surface area contributed by atoms with Crippen molar-refractivity contribution in [2.24, 2.45) is 5.92 Å². The van der Waals surface area contributed by atoms with Crippen LogP contribution in [0.2, 0.25) is 0 Å². The van der Waals surface area contributed by atoms with Crippen LogP contribution in [0.1, 0.15) is 30.6 Å². The first-order valence-electron chi connectivity index (χ1n) is 7.53. The Labute approximate surface area is 130 Å².